The summed E-state index contributed by atoms with van der Waals surface area (Å²) in [5.41, 5.74) is 0. The molecule has 0 amide bonds. The van der Waals surface area contributed by atoms with Crippen LogP contribution in [0.25, 0.3) is 0 Å². The lowest BCUT2D eigenvalue weighted by Gasteiger charge is -2.18. The Morgan fingerprint density at radius 1 is 1.39 bits per heavy atom. The molecule has 1 N–H and O–H groups in total. The van der Waals surface area contributed by atoms with Gasteiger partial charge in [-0.15, -0.1) is 0 Å². The molecule has 1 saturated heterocycles. The Kier molecular flexibility index (Phi) is 5.13. The summed E-state index contributed by atoms with van der Waals surface area (Å²) in [6.45, 7) is 6.96. The van der Waals surface area contributed by atoms with Crippen LogP contribution in [-0.2, 0) is 11.2 Å². The molecule has 0 saturated carbocycles. The van der Waals surface area contributed by atoms with E-state index in [2.05, 4.69) is 29.3 Å². The molecule has 0 radical (unpaired) electrons. The number of ether oxygens (including phenoxy) is 1. The normalized spacial score (nSPS) is 19.0. The zero-order chi connectivity index (χ0) is 12.8. The highest BCUT2D eigenvalue weighted by atomic mass is 16.5. The van der Waals surface area contributed by atoms with Gasteiger partial charge in [0.1, 0.15) is 0 Å². The second-order valence-corrected chi connectivity index (χ2v) is 4.99. The van der Waals surface area contributed by atoms with Crippen LogP contribution in [0.15, 0.2) is 4.52 Å². The maximum atomic E-state index is 5.34. The third-order valence-corrected chi connectivity index (χ3v) is 3.29. The molecule has 1 aromatic heterocycles. The topological polar surface area (TPSA) is 60.2 Å². The van der Waals surface area contributed by atoms with Gasteiger partial charge in [-0.2, -0.15) is 4.98 Å². The van der Waals surface area contributed by atoms with Gasteiger partial charge in [-0.3, -0.25) is 0 Å². The number of rotatable bonds is 6. The van der Waals surface area contributed by atoms with E-state index in [1.165, 1.54) is 0 Å². The Bertz CT molecular complexity index is 348. The number of aromatic nitrogens is 2. The highest BCUT2D eigenvalue weighted by Gasteiger charge is 2.21. The van der Waals surface area contributed by atoms with Crippen LogP contribution in [0, 0.1) is 0 Å². The first kappa shape index (κ1) is 13.5. The zero-order valence-corrected chi connectivity index (χ0v) is 11.3. The van der Waals surface area contributed by atoms with Gasteiger partial charge in [-0.25, -0.2) is 0 Å². The summed E-state index contributed by atoms with van der Waals surface area (Å²) in [5.74, 6) is 2.01. The maximum absolute atomic E-state index is 5.34. The number of nitrogens with zero attached hydrogens (tertiary/aromatic N) is 2. The maximum Gasteiger partial charge on any atom is 0.228 e. The van der Waals surface area contributed by atoms with E-state index in [0.29, 0.717) is 12.0 Å². The molecule has 0 aromatic carbocycles. The fourth-order valence-corrected chi connectivity index (χ4v) is 2.20. The first-order valence-electron chi connectivity index (χ1n) is 6.93. The molecule has 2 heterocycles. The fraction of sp³-hybridized carbons (Fsp3) is 0.846. The van der Waals surface area contributed by atoms with Crippen molar-refractivity contribution in [1.29, 1.82) is 0 Å². The highest BCUT2D eigenvalue weighted by molar-refractivity contribution is 4.97. The molecule has 18 heavy (non-hydrogen) atoms. The first-order valence-corrected chi connectivity index (χ1v) is 6.93. The Balaban J connectivity index is 1.85. The molecule has 0 aliphatic carbocycles. The minimum absolute atomic E-state index is 0.382. The lowest BCUT2D eigenvalue weighted by Crippen LogP contribution is -2.28. The first-order chi connectivity index (χ1) is 8.79. The van der Waals surface area contributed by atoms with Gasteiger partial charge in [0.2, 0.25) is 5.89 Å². The SMILES string of the molecule is CCCNC(C)Cc1nc(C2CCOCC2)no1. The van der Waals surface area contributed by atoms with Crippen LogP contribution < -0.4 is 5.32 Å². The molecule has 1 aliphatic heterocycles. The van der Waals surface area contributed by atoms with E-state index in [1.54, 1.807) is 0 Å². The van der Waals surface area contributed by atoms with Gasteiger partial charge < -0.3 is 14.6 Å². The van der Waals surface area contributed by atoms with Crippen molar-refractivity contribution in [3.8, 4) is 0 Å². The quantitative estimate of drug-likeness (QED) is 0.839. The van der Waals surface area contributed by atoms with Gasteiger partial charge in [0.25, 0.3) is 0 Å². The molecular formula is C13H23N3O2. The van der Waals surface area contributed by atoms with Crippen molar-refractivity contribution in [2.45, 2.75) is 51.5 Å². The average molecular weight is 253 g/mol. The fourth-order valence-electron chi connectivity index (χ4n) is 2.20. The minimum Gasteiger partial charge on any atom is -0.381 e. The smallest absolute Gasteiger partial charge is 0.228 e. The van der Waals surface area contributed by atoms with E-state index in [4.69, 9.17) is 9.26 Å². The van der Waals surface area contributed by atoms with Gasteiger partial charge in [0, 0.05) is 31.6 Å². The van der Waals surface area contributed by atoms with Crippen molar-refractivity contribution in [3.05, 3.63) is 11.7 Å². The van der Waals surface area contributed by atoms with E-state index < -0.39 is 0 Å². The molecule has 1 aliphatic rings. The molecule has 1 aromatic rings. The van der Waals surface area contributed by atoms with E-state index in [-0.39, 0.29) is 0 Å². The molecule has 5 heteroatoms. The van der Waals surface area contributed by atoms with Gasteiger partial charge in [0.05, 0.1) is 0 Å². The van der Waals surface area contributed by atoms with Crippen LogP contribution in [0.3, 0.4) is 0 Å². The van der Waals surface area contributed by atoms with Crippen molar-refractivity contribution in [2.24, 2.45) is 0 Å². The summed E-state index contributed by atoms with van der Waals surface area (Å²) in [5, 5.41) is 7.53. The molecule has 0 bridgehead atoms. The van der Waals surface area contributed by atoms with E-state index in [9.17, 15) is 0 Å². The standard InChI is InChI=1S/C13H23N3O2/c1-3-6-14-10(2)9-12-15-13(16-18-12)11-4-7-17-8-5-11/h10-11,14H,3-9H2,1-2H3. The van der Waals surface area contributed by atoms with Crippen LogP contribution in [0.4, 0.5) is 0 Å². The Morgan fingerprint density at radius 3 is 2.89 bits per heavy atom. The largest absolute Gasteiger partial charge is 0.381 e. The Labute approximate surface area is 108 Å². The lowest BCUT2D eigenvalue weighted by molar-refractivity contribution is 0.0830. The van der Waals surface area contributed by atoms with Gasteiger partial charge >= 0.3 is 0 Å². The third kappa shape index (κ3) is 3.78. The van der Waals surface area contributed by atoms with E-state index >= 15 is 0 Å². The number of hydrogen-bond acceptors (Lipinski definition) is 5. The summed E-state index contributed by atoms with van der Waals surface area (Å²) >= 11 is 0. The van der Waals surface area contributed by atoms with Gasteiger partial charge in [-0.1, -0.05) is 12.1 Å². The van der Waals surface area contributed by atoms with Crippen LogP contribution >= 0.6 is 0 Å². The molecule has 2 rings (SSSR count). The molecule has 0 spiro atoms. The van der Waals surface area contributed by atoms with Crippen LogP contribution in [-0.4, -0.2) is 35.9 Å². The molecule has 1 fully saturated rings. The van der Waals surface area contributed by atoms with Gasteiger partial charge in [-0.05, 0) is 32.7 Å². The van der Waals surface area contributed by atoms with Crippen LogP contribution in [0.1, 0.15) is 50.7 Å². The number of hydrogen-bond donors (Lipinski definition) is 1. The molecule has 1 atom stereocenters. The van der Waals surface area contributed by atoms with Crippen molar-refractivity contribution in [2.75, 3.05) is 19.8 Å². The van der Waals surface area contributed by atoms with Crippen LogP contribution in [0.5, 0.6) is 0 Å². The van der Waals surface area contributed by atoms with Crippen molar-refractivity contribution >= 4 is 0 Å². The highest BCUT2D eigenvalue weighted by Crippen LogP contribution is 2.24. The lowest BCUT2D eigenvalue weighted by atomic mass is 10.00. The summed E-state index contributed by atoms with van der Waals surface area (Å²) in [6.07, 6.45) is 3.95. The molecule has 102 valence electrons. The average Bonchev–Trinajstić information content (AvgIpc) is 2.86. The number of nitrogens with one attached hydrogen (secondary N) is 1. The molecule has 1 unspecified atom stereocenters. The summed E-state index contributed by atoms with van der Waals surface area (Å²) in [6, 6.07) is 0.382. The molecule has 5 nitrogen and oxygen atoms in total. The minimum atomic E-state index is 0.382. The van der Waals surface area contributed by atoms with E-state index in [0.717, 1.165) is 57.2 Å². The third-order valence-electron chi connectivity index (χ3n) is 3.29. The summed E-state index contributed by atoms with van der Waals surface area (Å²) < 4.78 is 10.7. The van der Waals surface area contributed by atoms with Crippen molar-refractivity contribution in [1.82, 2.24) is 15.5 Å². The monoisotopic (exact) mass is 253 g/mol. The predicted octanol–water partition coefficient (Wildman–Crippen LogP) is 1.89. The van der Waals surface area contributed by atoms with Gasteiger partial charge in [0.15, 0.2) is 5.82 Å². The van der Waals surface area contributed by atoms with Crippen molar-refractivity contribution in [3.63, 3.8) is 0 Å². The molecular weight excluding hydrogens is 230 g/mol. The zero-order valence-electron chi connectivity index (χ0n) is 11.3. The van der Waals surface area contributed by atoms with Crippen LogP contribution in [0.2, 0.25) is 0 Å². The second kappa shape index (κ2) is 6.85. The predicted molar refractivity (Wildman–Crippen MR) is 68.6 cm³/mol. The van der Waals surface area contributed by atoms with Crippen molar-refractivity contribution < 1.29 is 9.26 Å². The Morgan fingerprint density at radius 2 is 2.17 bits per heavy atom. The Hall–Kier alpha value is -0.940. The summed E-state index contributed by atoms with van der Waals surface area (Å²) in [4.78, 5) is 4.51. The van der Waals surface area contributed by atoms with E-state index in [1.807, 2.05) is 0 Å². The second-order valence-electron chi connectivity index (χ2n) is 4.99. The summed E-state index contributed by atoms with van der Waals surface area (Å²) in [7, 11) is 0.